The Hall–Kier alpha value is -1.38. The first kappa shape index (κ1) is 17.4. The number of benzene rings is 2. The summed E-state index contributed by atoms with van der Waals surface area (Å²) in [5.41, 5.74) is 2.11. The minimum Gasteiger partial charge on any atom is -0.378 e. The fourth-order valence-corrected chi connectivity index (χ4v) is 8.61. The minimum absolute atomic E-state index is 0.389. The van der Waals surface area contributed by atoms with Gasteiger partial charge in [-0.25, -0.2) is 0 Å². The van der Waals surface area contributed by atoms with Crippen LogP contribution in [0.25, 0.3) is 0 Å². The van der Waals surface area contributed by atoms with E-state index in [0.29, 0.717) is 23.5 Å². The summed E-state index contributed by atoms with van der Waals surface area (Å²) in [6, 6.07) is 22.1. The molecule has 1 aliphatic heterocycles. The van der Waals surface area contributed by atoms with Crippen molar-refractivity contribution in [2.75, 3.05) is 6.61 Å². The molecule has 24 heavy (non-hydrogen) atoms. The number of hydrogen-bond acceptors (Lipinski definition) is 1. The molecule has 1 aliphatic rings. The molecule has 2 aromatic rings. The summed E-state index contributed by atoms with van der Waals surface area (Å²) in [7, 11) is -1.61. The van der Waals surface area contributed by atoms with Gasteiger partial charge in [-0.05, 0) is 29.4 Å². The third-order valence-corrected chi connectivity index (χ3v) is 10.0. The van der Waals surface area contributed by atoms with Crippen molar-refractivity contribution >= 4 is 13.3 Å². The van der Waals surface area contributed by atoms with Crippen molar-refractivity contribution in [3.8, 4) is 0 Å². The molecule has 0 aliphatic carbocycles. The Morgan fingerprint density at radius 1 is 0.958 bits per heavy atom. The lowest BCUT2D eigenvalue weighted by atomic mass is 9.92. The molecule has 1 saturated heterocycles. The summed E-state index contributed by atoms with van der Waals surface area (Å²) >= 11 is 0. The largest absolute Gasteiger partial charge is 0.378 e. The molecule has 2 heteroatoms. The molecule has 1 fully saturated rings. The predicted octanol–water partition coefficient (Wildman–Crippen LogP) is 4.89. The maximum absolute atomic E-state index is 6.35. The topological polar surface area (TPSA) is 9.23 Å². The van der Waals surface area contributed by atoms with Gasteiger partial charge in [-0.15, -0.1) is 0 Å². The van der Waals surface area contributed by atoms with Crippen molar-refractivity contribution in [3.63, 3.8) is 0 Å². The van der Waals surface area contributed by atoms with E-state index >= 15 is 0 Å². The number of hydrogen-bond donors (Lipinski definition) is 0. The zero-order valence-corrected chi connectivity index (χ0v) is 16.4. The molecule has 3 rings (SSSR count). The first-order chi connectivity index (χ1) is 11.5. The Kier molecular flexibility index (Phi) is 5.26. The maximum Gasteiger partial charge on any atom is 0.0866 e. The number of ether oxygens (including phenoxy) is 1. The third-order valence-electron chi connectivity index (χ3n) is 5.71. The highest BCUT2D eigenvalue weighted by molar-refractivity contribution is 6.91. The summed E-state index contributed by atoms with van der Waals surface area (Å²) < 4.78 is 6.35. The standard InChI is InChI=1S/C22H30OSi/c1-17(2)21-22(24(3,4)20-13-9-6-10-14-20)19(16-23-21)15-18-11-7-5-8-12-18/h5-14,17,19,21-22H,15-16H2,1-4H3/t19-,21-,22-/m0/s1. The Bertz CT molecular complexity index is 636. The first-order valence-corrected chi connectivity index (χ1v) is 12.3. The van der Waals surface area contributed by atoms with Gasteiger partial charge in [0.1, 0.15) is 0 Å². The zero-order chi connectivity index (χ0) is 17.2. The lowest BCUT2D eigenvalue weighted by Gasteiger charge is -2.38. The van der Waals surface area contributed by atoms with E-state index in [4.69, 9.17) is 4.74 Å². The van der Waals surface area contributed by atoms with Crippen molar-refractivity contribution in [1.29, 1.82) is 0 Å². The summed E-state index contributed by atoms with van der Waals surface area (Å²) in [5, 5.41) is 1.56. The van der Waals surface area contributed by atoms with Crippen molar-refractivity contribution in [2.24, 2.45) is 11.8 Å². The molecule has 0 aromatic heterocycles. The average Bonchev–Trinajstić information content (AvgIpc) is 3.01. The highest BCUT2D eigenvalue weighted by Crippen LogP contribution is 2.44. The van der Waals surface area contributed by atoms with Crippen LogP contribution in [-0.4, -0.2) is 20.8 Å². The van der Waals surface area contributed by atoms with Crippen molar-refractivity contribution in [3.05, 3.63) is 66.2 Å². The van der Waals surface area contributed by atoms with Crippen LogP contribution in [0.2, 0.25) is 18.6 Å². The molecule has 2 aromatic carbocycles. The summed E-state index contributed by atoms with van der Waals surface area (Å²) in [4.78, 5) is 0. The fourth-order valence-electron chi connectivity index (χ4n) is 4.48. The van der Waals surface area contributed by atoms with Gasteiger partial charge in [-0.1, -0.05) is 92.8 Å². The van der Waals surface area contributed by atoms with Crippen LogP contribution in [-0.2, 0) is 11.2 Å². The SMILES string of the molecule is CC(C)[C@@H]1OC[C@H](Cc2ccccc2)[C@@H]1[Si](C)(C)c1ccccc1. The summed E-state index contributed by atoms with van der Waals surface area (Å²) in [5.74, 6) is 1.20. The van der Waals surface area contributed by atoms with E-state index in [1.807, 2.05) is 0 Å². The molecule has 0 N–H and O–H groups in total. The van der Waals surface area contributed by atoms with E-state index in [2.05, 4.69) is 87.6 Å². The van der Waals surface area contributed by atoms with Crippen molar-refractivity contribution < 1.29 is 4.74 Å². The van der Waals surface area contributed by atoms with Crippen LogP contribution in [0.5, 0.6) is 0 Å². The molecular formula is C22H30OSi. The molecule has 1 nitrogen and oxygen atoms in total. The second-order valence-corrected chi connectivity index (χ2v) is 12.8. The van der Waals surface area contributed by atoms with Crippen LogP contribution in [0.15, 0.2) is 60.7 Å². The lowest BCUT2D eigenvalue weighted by molar-refractivity contribution is 0.0725. The van der Waals surface area contributed by atoms with E-state index in [0.717, 1.165) is 13.0 Å². The average molecular weight is 339 g/mol. The molecule has 128 valence electrons. The van der Waals surface area contributed by atoms with Gasteiger partial charge in [0, 0.05) is 0 Å². The van der Waals surface area contributed by atoms with Gasteiger partial charge < -0.3 is 4.74 Å². The van der Waals surface area contributed by atoms with Crippen LogP contribution in [0.4, 0.5) is 0 Å². The predicted molar refractivity (Wildman–Crippen MR) is 106 cm³/mol. The van der Waals surface area contributed by atoms with Gasteiger partial charge in [-0.3, -0.25) is 0 Å². The second kappa shape index (κ2) is 7.24. The van der Waals surface area contributed by atoms with E-state index in [1.54, 1.807) is 5.19 Å². The van der Waals surface area contributed by atoms with Crippen molar-refractivity contribution in [1.82, 2.24) is 0 Å². The third kappa shape index (κ3) is 3.50. The molecular weight excluding hydrogens is 308 g/mol. The molecule has 0 radical (unpaired) electrons. The molecule has 3 atom stereocenters. The van der Waals surface area contributed by atoms with Gasteiger partial charge in [0.15, 0.2) is 0 Å². The molecule has 0 bridgehead atoms. The lowest BCUT2D eigenvalue weighted by Crippen LogP contribution is -2.51. The van der Waals surface area contributed by atoms with Crippen LogP contribution < -0.4 is 5.19 Å². The molecule has 1 heterocycles. The van der Waals surface area contributed by atoms with Gasteiger partial charge in [-0.2, -0.15) is 0 Å². The quantitative estimate of drug-likeness (QED) is 0.706. The Morgan fingerprint density at radius 3 is 2.12 bits per heavy atom. The fraction of sp³-hybridized carbons (Fsp3) is 0.455. The minimum atomic E-state index is -1.61. The normalized spacial score (nSPS) is 24.5. The molecule has 0 saturated carbocycles. The van der Waals surface area contributed by atoms with Gasteiger partial charge in [0.2, 0.25) is 0 Å². The monoisotopic (exact) mass is 338 g/mol. The highest BCUT2D eigenvalue weighted by atomic mass is 28.3. The Labute approximate surface area is 148 Å². The van der Waals surface area contributed by atoms with Crippen LogP contribution >= 0.6 is 0 Å². The van der Waals surface area contributed by atoms with Gasteiger partial charge >= 0.3 is 0 Å². The van der Waals surface area contributed by atoms with Gasteiger partial charge in [0.25, 0.3) is 0 Å². The highest BCUT2D eigenvalue weighted by Gasteiger charge is 2.48. The number of rotatable bonds is 5. The van der Waals surface area contributed by atoms with E-state index < -0.39 is 8.07 Å². The Balaban J connectivity index is 1.92. The second-order valence-electron chi connectivity index (χ2n) is 8.11. The van der Waals surface area contributed by atoms with E-state index in [-0.39, 0.29) is 0 Å². The van der Waals surface area contributed by atoms with E-state index in [1.165, 1.54) is 5.56 Å². The van der Waals surface area contributed by atoms with Crippen LogP contribution in [0.3, 0.4) is 0 Å². The van der Waals surface area contributed by atoms with Crippen molar-refractivity contribution in [2.45, 2.75) is 45.0 Å². The zero-order valence-electron chi connectivity index (χ0n) is 15.4. The summed E-state index contributed by atoms with van der Waals surface area (Å²) in [6.07, 6.45) is 1.53. The molecule has 0 amide bonds. The van der Waals surface area contributed by atoms with Gasteiger partial charge in [0.05, 0.1) is 20.8 Å². The molecule has 0 unspecified atom stereocenters. The van der Waals surface area contributed by atoms with E-state index in [9.17, 15) is 0 Å². The summed E-state index contributed by atoms with van der Waals surface area (Å²) in [6.45, 7) is 10.6. The smallest absolute Gasteiger partial charge is 0.0866 e. The first-order valence-electron chi connectivity index (χ1n) is 9.21. The molecule has 0 spiro atoms. The van der Waals surface area contributed by atoms with Crippen LogP contribution in [0, 0.1) is 11.8 Å². The maximum atomic E-state index is 6.35. The van der Waals surface area contributed by atoms with Crippen LogP contribution in [0.1, 0.15) is 19.4 Å². The Morgan fingerprint density at radius 2 is 1.54 bits per heavy atom.